The minimum Gasteiger partial charge on any atom is -0.481 e. The molecule has 0 atom stereocenters. The number of aliphatic carboxylic acids is 1. The number of carbonyl (C=O) groups is 1. The van der Waals surface area contributed by atoms with Gasteiger partial charge in [0.15, 0.2) is 0 Å². The Kier molecular flexibility index (Phi) is 4.29. The lowest BCUT2D eigenvalue weighted by atomic mass is 10.1. The van der Waals surface area contributed by atoms with E-state index < -0.39 is 5.97 Å². The van der Waals surface area contributed by atoms with Crippen LogP contribution in [0.1, 0.15) is 12.5 Å². The van der Waals surface area contributed by atoms with Gasteiger partial charge in [0.25, 0.3) is 0 Å². The van der Waals surface area contributed by atoms with Gasteiger partial charge in [-0.05, 0) is 29.5 Å². The van der Waals surface area contributed by atoms with E-state index in [1.807, 2.05) is 12.1 Å². The van der Waals surface area contributed by atoms with Crippen LogP contribution in [0.4, 0.5) is 0 Å². The molecular formula is C10H11ClO2S. The topological polar surface area (TPSA) is 37.3 Å². The predicted molar refractivity (Wildman–Crippen MR) is 59.2 cm³/mol. The van der Waals surface area contributed by atoms with E-state index in [9.17, 15) is 4.79 Å². The van der Waals surface area contributed by atoms with E-state index in [1.54, 1.807) is 17.8 Å². The minimum absolute atomic E-state index is 0.0169. The van der Waals surface area contributed by atoms with Crippen LogP contribution in [0.15, 0.2) is 23.1 Å². The Morgan fingerprint density at radius 2 is 2.29 bits per heavy atom. The van der Waals surface area contributed by atoms with E-state index in [0.29, 0.717) is 10.6 Å². The Morgan fingerprint density at radius 3 is 2.86 bits per heavy atom. The first-order chi connectivity index (χ1) is 6.63. The number of carboxylic acids is 1. The van der Waals surface area contributed by atoms with Gasteiger partial charge < -0.3 is 5.11 Å². The lowest BCUT2D eigenvalue weighted by molar-refractivity contribution is -0.136. The van der Waals surface area contributed by atoms with Crippen molar-refractivity contribution in [3.63, 3.8) is 0 Å². The number of hydrogen-bond donors (Lipinski definition) is 1. The second kappa shape index (κ2) is 5.27. The van der Waals surface area contributed by atoms with E-state index in [4.69, 9.17) is 16.7 Å². The van der Waals surface area contributed by atoms with Crippen molar-refractivity contribution in [2.24, 2.45) is 0 Å². The molecule has 1 rings (SSSR count). The third-order valence-corrected chi connectivity index (χ3v) is 2.91. The first kappa shape index (κ1) is 11.4. The molecule has 0 saturated carbocycles. The fraction of sp³-hybridized carbons (Fsp3) is 0.300. The number of rotatable bonds is 4. The minimum atomic E-state index is -0.856. The predicted octanol–water partition coefficient (Wildman–Crippen LogP) is 3.08. The van der Waals surface area contributed by atoms with Crippen molar-refractivity contribution in [2.75, 3.05) is 5.75 Å². The van der Waals surface area contributed by atoms with Crippen molar-refractivity contribution in [3.8, 4) is 0 Å². The van der Waals surface area contributed by atoms with Gasteiger partial charge >= 0.3 is 5.97 Å². The highest BCUT2D eigenvalue weighted by molar-refractivity contribution is 7.99. The highest BCUT2D eigenvalue weighted by Gasteiger charge is 2.06. The van der Waals surface area contributed by atoms with Crippen LogP contribution in [-0.4, -0.2) is 16.8 Å². The Morgan fingerprint density at radius 1 is 1.57 bits per heavy atom. The van der Waals surface area contributed by atoms with Gasteiger partial charge in [0.1, 0.15) is 0 Å². The first-order valence-corrected chi connectivity index (χ1v) is 5.63. The van der Waals surface area contributed by atoms with E-state index >= 15 is 0 Å². The molecule has 0 aliphatic carbocycles. The Balaban J connectivity index is 2.90. The summed E-state index contributed by atoms with van der Waals surface area (Å²) in [6.45, 7) is 2.05. The van der Waals surface area contributed by atoms with Gasteiger partial charge in [-0.1, -0.05) is 18.5 Å². The van der Waals surface area contributed by atoms with Gasteiger partial charge in [-0.25, -0.2) is 0 Å². The number of halogens is 1. The second-order valence-electron chi connectivity index (χ2n) is 2.76. The molecule has 0 radical (unpaired) electrons. The summed E-state index contributed by atoms with van der Waals surface area (Å²) < 4.78 is 0. The normalized spacial score (nSPS) is 10.1. The van der Waals surface area contributed by atoms with Crippen molar-refractivity contribution in [1.29, 1.82) is 0 Å². The number of benzene rings is 1. The van der Waals surface area contributed by atoms with Crippen LogP contribution in [0.3, 0.4) is 0 Å². The van der Waals surface area contributed by atoms with Crippen LogP contribution in [0.25, 0.3) is 0 Å². The summed E-state index contributed by atoms with van der Waals surface area (Å²) in [5.41, 5.74) is 0.678. The molecule has 0 aromatic heterocycles. The highest BCUT2D eigenvalue weighted by atomic mass is 35.5. The molecule has 4 heteroatoms. The molecule has 0 aliphatic rings. The fourth-order valence-electron chi connectivity index (χ4n) is 1.11. The van der Waals surface area contributed by atoms with E-state index in [-0.39, 0.29) is 6.42 Å². The average Bonchev–Trinajstić information content (AvgIpc) is 2.10. The van der Waals surface area contributed by atoms with E-state index in [1.165, 1.54) is 0 Å². The summed E-state index contributed by atoms with van der Waals surface area (Å²) in [5, 5.41) is 9.17. The third-order valence-electron chi connectivity index (χ3n) is 1.67. The van der Waals surface area contributed by atoms with E-state index in [0.717, 1.165) is 10.6 Å². The third kappa shape index (κ3) is 3.24. The molecule has 0 heterocycles. The van der Waals surface area contributed by atoms with Crippen molar-refractivity contribution in [3.05, 3.63) is 28.8 Å². The molecular weight excluding hydrogens is 220 g/mol. The van der Waals surface area contributed by atoms with Crippen LogP contribution in [0, 0.1) is 0 Å². The van der Waals surface area contributed by atoms with Crippen molar-refractivity contribution < 1.29 is 9.90 Å². The number of carboxylic acid groups (broad SMARTS) is 1. The molecule has 0 amide bonds. The largest absolute Gasteiger partial charge is 0.481 e. The molecule has 0 unspecified atom stereocenters. The maximum Gasteiger partial charge on any atom is 0.307 e. The molecule has 0 aliphatic heterocycles. The van der Waals surface area contributed by atoms with Gasteiger partial charge in [-0.2, -0.15) is 0 Å². The molecule has 1 aromatic rings. The van der Waals surface area contributed by atoms with Crippen LogP contribution in [0.5, 0.6) is 0 Å². The summed E-state index contributed by atoms with van der Waals surface area (Å²) in [5.74, 6) is 0.110. The second-order valence-corrected chi connectivity index (χ2v) is 4.50. The van der Waals surface area contributed by atoms with Crippen LogP contribution in [-0.2, 0) is 11.2 Å². The summed E-state index contributed by atoms with van der Waals surface area (Å²) in [4.78, 5) is 11.6. The van der Waals surface area contributed by atoms with Crippen LogP contribution < -0.4 is 0 Å². The number of hydrogen-bond acceptors (Lipinski definition) is 2. The molecule has 0 bridgehead atoms. The smallest absolute Gasteiger partial charge is 0.307 e. The van der Waals surface area contributed by atoms with Crippen molar-refractivity contribution in [1.82, 2.24) is 0 Å². The van der Waals surface area contributed by atoms with Gasteiger partial charge in [0, 0.05) is 9.92 Å². The van der Waals surface area contributed by atoms with Crippen molar-refractivity contribution in [2.45, 2.75) is 18.2 Å². The van der Waals surface area contributed by atoms with Crippen LogP contribution in [0.2, 0.25) is 5.02 Å². The summed E-state index contributed by atoms with van der Waals surface area (Å²) >= 11 is 7.54. The Hall–Kier alpha value is -0.670. The maximum atomic E-state index is 10.5. The fourth-order valence-corrected chi connectivity index (χ4v) is 2.01. The molecule has 0 saturated heterocycles. The lowest BCUT2D eigenvalue weighted by Gasteiger charge is -2.04. The van der Waals surface area contributed by atoms with Crippen molar-refractivity contribution >= 4 is 29.3 Å². The summed E-state index contributed by atoms with van der Waals surface area (Å²) in [7, 11) is 0. The zero-order chi connectivity index (χ0) is 10.6. The Bertz CT molecular complexity index is 339. The molecule has 76 valence electrons. The van der Waals surface area contributed by atoms with E-state index in [2.05, 4.69) is 6.92 Å². The molecule has 14 heavy (non-hydrogen) atoms. The van der Waals surface area contributed by atoms with Gasteiger partial charge in [0.2, 0.25) is 0 Å². The SMILES string of the molecule is CCSc1ccc(Cl)c(CC(=O)O)c1. The van der Waals surface area contributed by atoms with Gasteiger partial charge in [-0.3, -0.25) is 4.79 Å². The maximum absolute atomic E-state index is 10.5. The summed E-state index contributed by atoms with van der Waals surface area (Å²) in [6.07, 6.45) is -0.0169. The molecule has 0 fully saturated rings. The zero-order valence-electron chi connectivity index (χ0n) is 7.79. The molecule has 0 spiro atoms. The number of thioether (sulfide) groups is 1. The Labute approximate surface area is 92.3 Å². The standard InChI is InChI=1S/C10H11ClO2S/c1-2-14-8-3-4-9(11)7(5-8)6-10(12)13/h3-5H,2,6H2,1H3,(H,12,13). The highest BCUT2D eigenvalue weighted by Crippen LogP contribution is 2.24. The van der Waals surface area contributed by atoms with Gasteiger partial charge in [-0.15, -0.1) is 11.8 Å². The first-order valence-electron chi connectivity index (χ1n) is 4.26. The molecule has 1 aromatic carbocycles. The summed E-state index contributed by atoms with van der Waals surface area (Å²) in [6, 6.07) is 5.49. The molecule has 1 N–H and O–H groups in total. The lowest BCUT2D eigenvalue weighted by Crippen LogP contribution is -2.00. The molecule has 2 nitrogen and oxygen atoms in total. The average molecular weight is 231 g/mol. The zero-order valence-corrected chi connectivity index (χ0v) is 9.36. The quantitative estimate of drug-likeness (QED) is 0.808. The van der Waals surface area contributed by atoms with Crippen LogP contribution >= 0.6 is 23.4 Å². The van der Waals surface area contributed by atoms with Gasteiger partial charge in [0.05, 0.1) is 6.42 Å². The monoisotopic (exact) mass is 230 g/mol.